The van der Waals surface area contributed by atoms with Crippen molar-refractivity contribution < 1.29 is 0 Å². The molecule has 0 bridgehead atoms. The first-order valence-electron chi connectivity index (χ1n) is 5.30. The highest BCUT2D eigenvalue weighted by atomic mass is 15.3. The summed E-state index contributed by atoms with van der Waals surface area (Å²) in [6.45, 7) is 2.67. The molecule has 2 aromatic heterocycles. The molecule has 0 aliphatic heterocycles. The second-order valence-electron chi connectivity index (χ2n) is 3.80. The quantitative estimate of drug-likeness (QED) is 0.812. The van der Waals surface area contributed by atoms with Gasteiger partial charge in [0.25, 0.3) is 0 Å². The Kier molecular flexibility index (Phi) is 3.00. The van der Waals surface area contributed by atoms with Gasteiger partial charge < -0.3 is 10.3 Å². The van der Waals surface area contributed by atoms with E-state index < -0.39 is 0 Å². The first kappa shape index (κ1) is 10.8. The van der Waals surface area contributed by atoms with Crippen LogP contribution in [-0.4, -0.2) is 24.3 Å². The molecule has 6 nitrogen and oxygen atoms in total. The van der Waals surface area contributed by atoms with Gasteiger partial charge in [-0.25, -0.2) is 9.97 Å². The van der Waals surface area contributed by atoms with E-state index in [-0.39, 0.29) is 6.04 Å². The normalized spacial score (nSPS) is 12.9. The van der Waals surface area contributed by atoms with E-state index in [0.717, 1.165) is 17.9 Å². The number of rotatable bonds is 4. The van der Waals surface area contributed by atoms with Gasteiger partial charge >= 0.3 is 0 Å². The van der Waals surface area contributed by atoms with E-state index in [1.165, 1.54) is 0 Å². The summed E-state index contributed by atoms with van der Waals surface area (Å²) in [6, 6.07) is 0.0196. The van der Waals surface area contributed by atoms with Crippen molar-refractivity contribution in [2.45, 2.75) is 25.9 Å². The third-order valence-corrected chi connectivity index (χ3v) is 2.52. The molecule has 2 aromatic rings. The van der Waals surface area contributed by atoms with Crippen LogP contribution in [-0.2, 0) is 13.6 Å². The van der Waals surface area contributed by atoms with Crippen molar-refractivity contribution in [1.82, 2.24) is 24.3 Å². The molecule has 0 aliphatic carbocycles. The van der Waals surface area contributed by atoms with Gasteiger partial charge in [0.2, 0.25) is 0 Å². The van der Waals surface area contributed by atoms with Crippen molar-refractivity contribution in [3.8, 4) is 0 Å². The molecule has 2 heterocycles. The minimum Gasteiger partial charge on any atom is -0.325 e. The van der Waals surface area contributed by atoms with Crippen molar-refractivity contribution in [3.63, 3.8) is 0 Å². The Morgan fingerprint density at radius 1 is 1.44 bits per heavy atom. The Hall–Kier alpha value is -1.69. The number of nitrogens with two attached hydrogens (primary N) is 1. The zero-order valence-electron chi connectivity index (χ0n) is 9.54. The SMILES string of the molecule is CC[C@@H](N)c1cncn1Cc1ncn(C)n1. The fourth-order valence-electron chi connectivity index (χ4n) is 1.59. The standard InChI is InChI=1S/C10H16N6/c1-3-8(11)9-4-12-6-16(9)5-10-13-7-15(2)14-10/h4,6-8H,3,5,11H2,1-2H3/t8-/m1/s1. The van der Waals surface area contributed by atoms with Crippen LogP contribution in [0.25, 0.3) is 0 Å². The van der Waals surface area contributed by atoms with Crippen LogP contribution in [0.15, 0.2) is 18.9 Å². The van der Waals surface area contributed by atoms with Crippen molar-refractivity contribution in [3.05, 3.63) is 30.4 Å². The first-order valence-corrected chi connectivity index (χ1v) is 5.30. The molecule has 0 radical (unpaired) electrons. The van der Waals surface area contributed by atoms with Crippen LogP contribution < -0.4 is 5.73 Å². The van der Waals surface area contributed by atoms with Crippen LogP contribution in [0.1, 0.15) is 30.9 Å². The van der Waals surface area contributed by atoms with Gasteiger partial charge in [-0.3, -0.25) is 4.68 Å². The second-order valence-corrected chi connectivity index (χ2v) is 3.80. The average molecular weight is 220 g/mol. The molecule has 6 heteroatoms. The van der Waals surface area contributed by atoms with Gasteiger partial charge in [-0.05, 0) is 6.42 Å². The molecule has 0 fully saturated rings. The predicted octanol–water partition coefficient (Wildman–Crippen LogP) is 0.470. The number of aryl methyl sites for hydroxylation is 1. The van der Waals surface area contributed by atoms with E-state index in [4.69, 9.17) is 5.73 Å². The molecule has 0 amide bonds. The zero-order chi connectivity index (χ0) is 11.5. The molecular weight excluding hydrogens is 204 g/mol. The summed E-state index contributed by atoms with van der Waals surface area (Å²) < 4.78 is 3.68. The summed E-state index contributed by atoms with van der Waals surface area (Å²) in [5.41, 5.74) is 7.01. The molecule has 1 atom stereocenters. The number of hydrogen-bond donors (Lipinski definition) is 1. The van der Waals surface area contributed by atoms with Gasteiger partial charge in [-0.1, -0.05) is 6.92 Å². The smallest absolute Gasteiger partial charge is 0.170 e. The molecule has 0 spiro atoms. The summed E-state index contributed by atoms with van der Waals surface area (Å²) in [5, 5.41) is 4.23. The van der Waals surface area contributed by atoms with E-state index in [1.54, 1.807) is 23.5 Å². The molecule has 16 heavy (non-hydrogen) atoms. The van der Waals surface area contributed by atoms with Gasteiger partial charge in [-0.15, -0.1) is 0 Å². The fraction of sp³-hybridized carbons (Fsp3) is 0.500. The lowest BCUT2D eigenvalue weighted by molar-refractivity contribution is 0.605. The summed E-state index contributed by atoms with van der Waals surface area (Å²) in [4.78, 5) is 8.29. The molecule has 2 N–H and O–H groups in total. The van der Waals surface area contributed by atoms with Gasteiger partial charge in [0.1, 0.15) is 6.33 Å². The van der Waals surface area contributed by atoms with Crippen molar-refractivity contribution in [2.24, 2.45) is 12.8 Å². The van der Waals surface area contributed by atoms with Crippen LogP contribution in [0.5, 0.6) is 0 Å². The largest absolute Gasteiger partial charge is 0.325 e. The molecule has 86 valence electrons. The van der Waals surface area contributed by atoms with Crippen LogP contribution >= 0.6 is 0 Å². The maximum Gasteiger partial charge on any atom is 0.170 e. The van der Waals surface area contributed by atoms with Crippen LogP contribution in [0.3, 0.4) is 0 Å². The highest BCUT2D eigenvalue weighted by Crippen LogP contribution is 2.13. The molecule has 0 unspecified atom stereocenters. The number of hydrogen-bond acceptors (Lipinski definition) is 4. The molecular formula is C10H16N6. The van der Waals surface area contributed by atoms with E-state index in [9.17, 15) is 0 Å². The first-order chi connectivity index (χ1) is 7.70. The maximum absolute atomic E-state index is 5.99. The summed E-state index contributed by atoms with van der Waals surface area (Å²) in [7, 11) is 1.85. The number of aromatic nitrogens is 5. The van der Waals surface area contributed by atoms with E-state index in [0.29, 0.717) is 6.54 Å². The van der Waals surface area contributed by atoms with E-state index in [1.807, 2.05) is 11.6 Å². The Labute approximate surface area is 94.1 Å². The Balaban J connectivity index is 2.18. The number of nitrogens with zero attached hydrogens (tertiary/aromatic N) is 5. The minimum absolute atomic E-state index is 0.0196. The second kappa shape index (κ2) is 4.44. The van der Waals surface area contributed by atoms with Gasteiger partial charge in [-0.2, -0.15) is 5.10 Å². The van der Waals surface area contributed by atoms with Gasteiger partial charge in [0.15, 0.2) is 5.82 Å². The van der Waals surface area contributed by atoms with Gasteiger partial charge in [0, 0.05) is 19.3 Å². The lowest BCUT2D eigenvalue weighted by Crippen LogP contribution is -2.15. The van der Waals surface area contributed by atoms with Crippen LogP contribution in [0, 0.1) is 0 Å². The summed E-state index contributed by atoms with van der Waals surface area (Å²) in [6.07, 6.45) is 6.14. The zero-order valence-corrected chi connectivity index (χ0v) is 9.54. The third-order valence-electron chi connectivity index (χ3n) is 2.52. The maximum atomic E-state index is 5.99. The molecule has 2 rings (SSSR count). The summed E-state index contributed by atoms with van der Waals surface area (Å²) in [5.74, 6) is 0.769. The van der Waals surface area contributed by atoms with E-state index >= 15 is 0 Å². The molecule has 0 saturated heterocycles. The third kappa shape index (κ3) is 2.11. The minimum atomic E-state index is 0.0196. The Morgan fingerprint density at radius 2 is 2.25 bits per heavy atom. The number of imidazole rings is 1. The van der Waals surface area contributed by atoms with Gasteiger partial charge in [0.05, 0.1) is 18.6 Å². The van der Waals surface area contributed by atoms with Crippen LogP contribution in [0.2, 0.25) is 0 Å². The summed E-state index contributed by atoms with van der Waals surface area (Å²) >= 11 is 0. The van der Waals surface area contributed by atoms with Crippen molar-refractivity contribution >= 4 is 0 Å². The topological polar surface area (TPSA) is 74.5 Å². The van der Waals surface area contributed by atoms with Crippen molar-refractivity contribution in [2.75, 3.05) is 0 Å². The fourth-order valence-corrected chi connectivity index (χ4v) is 1.59. The van der Waals surface area contributed by atoms with Crippen LogP contribution in [0.4, 0.5) is 0 Å². The average Bonchev–Trinajstić information content (AvgIpc) is 2.87. The highest BCUT2D eigenvalue weighted by Gasteiger charge is 2.10. The lowest BCUT2D eigenvalue weighted by atomic mass is 10.2. The predicted molar refractivity (Wildman–Crippen MR) is 59.6 cm³/mol. The Bertz CT molecular complexity index is 457. The lowest BCUT2D eigenvalue weighted by Gasteiger charge is -2.11. The monoisotopic (exact) mass is 220 g/mol. The molecule has 0 aromatic carbocycles. The molecule has 0 aliphatic rings. The molecule has 0 saturated carbocycles. The Morgan fingerprint density at radius 3 is 2.88 bits per heavy atom. The van der Waals surface area contributed by atoms with E-state index in [2.05, 4.69) is 22.0 Å². The van der Waals surface area contributed by atoms with Crippen molar-refractivity contribution in [1.29, 1.82) is 0 Å². The highest BCUT2D eigenvalue weighted by molar-refractivity contribution is 5.05.